The van der Waals surface area contributed by atoms with Crippen LogP contribution in [-0.2, 0) is 6.42 Å². The van der Waals surface area contributed by atoms with Crippen LogP contribution in [0.4, 0.5) is 0 Å². The summed E-state index contributed by atoms with van der Waals surface area (Å²) < 4.78 is 10.0. The molecule has 18 heavy (non-hydrogen) atoms. The van der Waals surface area contributed by atoms with Crippen molar-refractivity contribution in [3.8, 4) is 17.0 Å². The van der Waals surface area contributed by atoms with Crippen LogP contribution in [0.2, 0.25) is 0 Å². The molecule has 5 heteroatoms. The van der Waals surface area contributed by atoms with Crippen molar-refractivity contribution in [2.24, 2.45) is 0 Å². The maximum atomic E-state index is 10.8. The first-order valence-electron chi connectivity index (χ1n) is 5.53. The molecule has 0 radical (unpaired) electrons. The fourth-order valence-electron chi connectivity index (χ4n) is 1.86. The van der Waals surface area contributed by atoms with Crippen LogP contribution in [0.25, 0.3) is 11.3 Å². The van der Waals surface area contributed by atoms with Gasteiger partial charge in [-0.25, -0.2) is 4.79 Å². The van der Waals surface area contributed by atoms with Crippen molar-refractivity contribution < 1.29 is 19.2 Å². The largest absolute Gasteiger partial charge is 0.496 e. The lowest BCUT2D eigenvalue weighted by atomic mass is 10.0. The summed E-state index contributed by atoms with van der Waals surface area (Å²) in [6.45, 7) is 2.00. The Bertz CT molecular complexity index is 574. The van der Waals surface area contributed by atoms with Crippen molar-refractivity contribution in [3.05, 3.63) is 35.6 Å². The van der Waals surface area contributed by atoms with E-state index in [2.05, 4.69) is 5.16 Å². The van der Waals surface area contributed by atoms with E-state index in [1.54, 1.807) is 7.11 Å². The predicted octanol–water partition coefficient (Wildman–Crippen LogP) is 2.61. The van der Waals surface area contributed by atoms with E-state index in [0.29, 0.717) is 5.69 Å². The quantitative estimate of drug-likeness (QED) is 0.899. The van der Waals surface area contributed by atoms with Gasteiger partial charge in [0.1, 0.15) is 11.4 Å². The van der Waals surface area contributed by atoms with E-state index in [4.69, 9.17) is 14.4 Å². The molecular formula is C13H13NO4. The van der Waals surface area contributed by atoms with E-state index >= 15 is 0 Å². The molecule has 5 nitrogen and oxygen atoms in total. The third-order valence-electron chi connectivity index (χ3n) is 2.70. The maximum absolute atomic E-state index is 10.8. The second-order valence-electron chi connectivity index (χ2n) is 3.72. The second kappa shape index (κ2) is 4.91. The first kappa shape index (κ1) is 12.2. The van der Waals surface area contributed by atoms with Gasteiger partial charge in [0.2, 0.25) is 5.76 Å². The highest BCUT2D eigenvalue weighted by Gasteiger charge is 2.16. The van der Waals surface area contributed by atoms with Gasteiger partial charge in [0.25, 0.3) is 0 Å². The highest BCUT2D eigenvalue weighted by Crippen LogP contribution is 2.30. The molecule has 0 atom stereocenters. The fourth-order valence-corrected chi connectivity index (χ4v) is 1.86. The smallest absolute Gasteiger partial charge is 0.374 e. The van der Waals surface area contributed by atoms with E-state index in [1.165, 1.54) is 6.07 Å². The molecule has 0 saturated heterocycles. The minimum Gasteiger partial charge on any atom is -0.496 e. The van der Waals surface area contributed by atoms with Crippen molar-refractivity contribution >= 4 is 5.97 Å². The first-order chi connectivity index (χ1) is 8.67. The summed E-state index contributed by atoms with van der Waals surface area (Å²) in [6.07, 6.45) is 0.759. The highest BCUT2D eigenvalue weighted by molar-refractivity contribution is 5.86. The molecule has 0 bridgehead atoms. The summed E-state index contributed by atoms with van der Waals surface area (Å²) in [5.41, 5.74) is 2.31. The zero-order valence-corrected chi connectivity index (χ0v) is 10.1. The number of nitrogens with zero attached hydrogens (tertiary/aromatic N) is 1. The van der Waals surface area contributed by atoms with Crippen LogP contribution in [-0.4, -0.2) is 23.3 Å². The Labute approximate surface area is 104 Å². The van der Waals surface area contributed by atoms with Crippen LogP contribution >= 0.6 is 0 Å². The molecule has 0 amide bonds. The van der Waals surface area contributed by atoms with Crippen LogP contribution in [0.5, 0.6) is 5.75 Å². The minimum atomic E-state index is -1.13. The van der Waals surface area contributed by atoms with Crippen LogP contribution < -0.4 is 4.74 Å². The van der Waals surface area contributed by atoms with Crippen molar-refractivity contribution in [2.75, 3.05) is 7.11 Å². The average Bonchev–Trinajstić information content (AvgIpc) is 2.87. The van der Waals surface area contributed by atoms with Crippen LogP contribution in [0.1, 0.15) is 23.0 Å². The minimum absolute atomic E-state index is 0.171. The summed E-state index contributed by atoms with van der Waals surface area (Å²) in [6, 6.07) is 6.98. The topological polar surface area (TPSA) is 72.6 Å². The maximum Gasteiger partial charge on any atom is 0.374 e. The molecule has 0 aliphatic rings. The van der Waals surface area contributed by atoms with Crippen LogP contribution in [0, 0.1) is 0 Å². The molecular weight excluding hydrogens is 234 g/mol. The molecule has 94 valence electrons. The SMILES string of the molecule is CCc1c(OC)cccc1-c1cc(C(=O)O)on1. The second-order valence-corrected chi connectivity index (χ2v) is 3.72. The van der Waals surface area contributed by atoms with Gasteiger partial charge >= 0.3 is 5.97 Å². The number of hydrogen-bond donors (Lipinski definition) is 1. The van der Waals surface area contributed by atoms with E-state index in [0.717, 1.165) is 23.3 Å². The van der Waals surface area contributed by atoms with Gasteiger partial charge in [0.15, 0.2) is 0 Å². The molecule has 0 fully saturated rings. The first-order valence-corrected chi connectivity index (χ1v) is 5.53. The molecule has 1 aromatic heterocycles. The number of ether oxygens (including phenoxy) is 1. The summed E-state index contributed by atoms with van der Waals surface area (Å²) in [7, 11) is 1.60. The Kier molecular flexibility index (Phi) is 3.32. The number of aromatic carboxylic acids is 1. The Hall–Kier alpha value is -2.30. The average molecular weight is 247 g/mol. The Morgan fingerprint density at radius 2 is 2.28 bits per heavy atom. The van der Waals surface area contributed by atoms with E-state index in [1.807, 2.05) is 25.1 Å². The van der Waals surface area contributed by atoms with Gasteiger partial charge in [0.05, 0.1) is 7.11 Å². The number of methoxy groups -OCH3 is 1. The third-order valence-corrected chi connectivity index (χ3v) is 2.70. The predicted molar refractivity (Wildman–Crippen MR) is 64.8 cm³/mol. The van der Waals surface area contributed by atoms with Gasteiger partial charge in [-0.05, 0) is 12.5 Å². The van der Waals surface area contributed by atoms with Crippen LogP contribution in [0.3, 0.4) is 0 Å². The van der Waals surface area contributed by atoms with Gasteiger partial charge < -0.3 is 14.4 Å². The Morgan fingerprint density at radius 3 is 2.83 bits per heavy atom. The number of carboxylic acid groups (broad SMARTS) is 1. The number of hydrogen-bond acceptors (Lipinski definition) is 4. The molecule has 0 aliphatic carbocycles. The standard InChI is InChI=1S/C13H13NO4/c1-3-8-9(5-4-6-11(8)17-2)10-7-12(13(15)16)18-14-10/h4-7H,3H2,1-2H3,(H,15,16). The van der Waals surface area contributed by atoms with Gasteiger partial charge in [-0.3, -0.25) is 0 Å². The molecule has 0 unspecified atom stereocenters. The number of aromatic nitrogens is 1. The molecule has 2 aromatic rings. The zero-order chi connectivity index (χ0) is 13.1. The van der Waals surface area contributed by atoms with Crippen molar-refractivity contribution in [3.63, 3.8) is 0 Å². The monoisotopic (exact) mass is 247 g/mol. The van der Waals surface area contributed by atoms with Gasteiger partial charge in [-0.2, -0.15) is 0 Å². The normalized spacial score (nSPS) is 10.3. The Morgan fingerprint density at radius 1 is 1.50 bits per heavy atom. The molecule has 1 aromatic carbocycles. The molecule has 2 rings (SSSR count). The summed E-state index contributed by atoms with van der Waals surface area (Å²) >= 11 is 0. The lowest BCUT2D eigenvalue weighted by Crippen LogP contribution is -1.94. The third kappa shape index (κ3) is 2.07. The summed E-state index contributed by atoms with van der Waals surface area (Å²) in [4.78, 5) is 10.8. The lowest BCUT2D eigenvalue weighted by molar-refractivity contribution is 0.0652. The van der Waals surface area contributed by atoms with Gasteiger partial charge in [-0.1, -0.05) is 24.2 Å². The van der Waals surface area contributed by atoms with Crippen molar-refractivity contribution in [2.45, 2.75) is 13.3 Å². The van der Waals surface area contributed by atoms with Crippen molar-refractivity contribution in [1.82, 2.24) is 5.16 Å². The van der Waals surface area contributed by atoms with E-state index in [-0.39, 0.29) is 5.76 Å². The zero-order valence-electron chi connectivity index (χ0n) is 10.1. The van der Waals surface area contributed by atoms with Crippen LogP contribution in [0.15, 0.2) is 28.8 Å². The summed E-state index contributed by atoms with van der Waals surface area (Å²) in [5.74, 6) is -0.542. The molecule has 0 saturated carbocycles. The number of carboxylic acids is 1. The number of benzene rings is 1. The highest BCUT2D eigenvalue weighted by atomic mass is 16.5. The molecule has 1 N–H and O–H groups in total. The van der Waals surface area contributed by atoms with E-state index < -0.39 is 5.97 Å². The van der Waals surface area contributed by atoms with E-state index in [9.17, 15) is 4.79 Å². The fraction of sp³-hybridized carbons (Fsp3) is 0.231. The molecule has 1 heterocycles. The molecule has 0 aliphatic heterocycles. The van der Waals surface area contributed by atoms with Gasteiger partial charge in [-0.15, -0.1) is 0 Å². The Balaban J connectivity index is 2.52. The molecule has 0 spiro atoms. The number of carbonyl (C=O) groups is 1. The van der Waals surface area contributed by atoms with Gasteiger partial charge in [0, 0.05) is 17.2 Å². The number of rotatable bonds is 4. The lowest BCUT2D eigenvalue weighted by Gasteiger charge is -2.10. The van der Waals surface area contributed by atoms with Crippen molar-refractivity contribution in [1.29, 1.82) is 0 Å². The summed E-state index contributed by atoms with van der Waals surface area (Å²) in [5, 5.41) is 12.6.